The van der Waals surface area contributed by atoms with Crippen LogP contribution in [0.4, 0.5) is 5.82 Å². The van der Waals surface area contributed by atoms with Crippen LogP contribution in [0.15, 0.2) is 23.1 Å². The Morgan fingerprint density at radius 3 is 2.86 bits per heavy atom. The molecule has 0 bridgehead atoms. The van der Waals surface area contributed by atoms with Crippen LogP contribution in [0.3, 0.4) is 0 Å². The highest BCUT2D eigenvalue weighted by atomic mass is 79.9. The standard InChI is InChI=1S/C16H24BrN5/c17-14-13-20-22-12-8-19-16(15(14)22)18-7-3-1-4-9-21-10-5-2-6-11-21/h8,12-13H,1-7,9-11H2,(H,18,19). The van der Waals surface area contributed by atoms with Crippen molar-refractivity contribution in [2.45, 2.75) is 38.5 Å². The van der Waals surface area contributed by atoms with Crippen LogP contribution in [0.2, 0.25) is 0 Å². The molecule has 1 aliphatic rings. The second kappa shape index (κ2) is 7.92. The number of unbranched alkanes of at least 4 members (excludes halogenated alkanes) is 2. The molecule has 3 rings (SSSR count). The molecule has 0 radical (unpaired) electrons. The van der Waals surface area contributed by atoms with E-state index in [2.05, 4.69) is 36.2 Å². The van der Waals surface area contributed by atoms with Crippen molar-refractivity contribution >= 4 is 27.3 Å². The molecule has 1 fully saturated rings. The Bertz CT molecular complexity index is 591. The van der Waals surface area contributed by atoms with E-state index in [0.717, 1.165) is 22.4 Å². The van der Waals surface area contributed by atoms with E-state index in [1.807, 2.05) is 10.7 Å². The summed E-state index contributed by atoms with van der Waals surface area (Å²) in [4.78, 5) is 7.03. The Labute approximate surface area is 140 Å². The monoisotopic (exact) mass is 365 g/mol. The van der Waals surface area contributed by atoms with Crippen LogP contribution in [0.5, 0.6) is 0 Å². The average Bonchev–Trinajstić information content (AvgIpc) is 2.94. The fraction of sp³-hybridized carbons (Fsp3) is 0.625. The summed E-state index contributed by atoms with van der Waals surface area (Å²) >= 11 is 3.53. The fourth-order valence-electron chi connectivity index (χ4n) is 3.06. The Morgan fingerprint density at radius 2 is 2.00 bits per heavy atom. The van der Waals surface area contributed by atoms with Gasteiger partial charge in [0.25, 0.3) is 0 Å². The third-order valence-corrected chi connectivity index (χ3v) is 4.86. The zero-order valence-electron chi connectivity index (χ0n) is 13.0. The zero-order chi connectivity index (χ0) is 15.2. The maximum absolute atomic E-state index is 4.42. The van der Waals surface area contributed by atoms with Crippen molar-refractivity contribution < 1.29 is 0 Å². The molecule has 0 aromatic carbocycles. The maximum atomic E-state index is 4.42. The minimum Gasteiger partial charge on any atom is -0.368 e. The fourth-order valence-corrected chi connectivity index (χ4v) is 3.53. The number of fused-ring (bicyclic) bond motifs is 1. The van der Waals surface area contributed by atoms with Gasteiger partial charge in [0.1, 0.15) is 5.52 Å². The molecule has 6 heteroatoms. The summed E-state index contributed by atoms with van der Waals surface area (Å²) in [5.74, 6) is 0.905. The molecule has 0 saturated carbocycles. The number of hydrogen-bond acceptors (Lipinski definition) is 4. The third kappa shape index (κ3) is 3.98. The number of anilines is 1. The van der Waals surface area contributed by atoms with Crippen LogP contribution in [-0.2, 0) is 0 Å². The maximum Gasteiger partial charge on any atom is 0.153 e. The number of rotatable bonds is 7. The first-order chi connectivity index (χ1) is 10.8. The lowest BCUT2D eigenvalue weighted by molar-refractivity contribution is 0.224. The molecular weight excluding hydrogens is 342 g/mol. The van der Waals surface area contributed by atoms with E-state index in [1.165, 1.54) is 58.2 Å². The predicted molar refractivity (Wildman–Crippen MR) is 93.3 cm³/mol. The van der Waals surface area contributed by atoms with E-state index in [1.54, 1.807) is 12.4 Å². The van der Waals surface area contributed by atoms with Crippen molar-refractivity contribution in [3.05, 3.63) is 23.1 Å². The van der Waals surface area contributed by atoms with Gasteiger partial charge in [-0.15, -0.1) is 0 Å². The average molecular weight is 366 g/mol. The van der Waals surface area contributed by atoms with Crippen molar-refractivity contribution in [2.75, 3.05) is 31.5 Å². The van der Waals surface area contributed by atoms with Crippen molar-refractivity contribution in [2.24, 2.45) is 0 Å². The summed E-state index contributed by atoms with van der Waals surface area (Å²) in [5, 5.41) is 7.71. The highest BCUT2D eigenvalue weighted by molar-refractivity contribution is 9.10. The molecule has 22 heavy (non-hydrogen) atoms. The molecule has 1 saturated heterocycles. The molecule has 5 nitrogen and oxygen atoms in total. The first-order valence-electron chi connectivity index (χ1n) is 8.29. The van der Waals surface area contributed by atoms with Gasteiger partial charge in [-0.25, -0.2) is 9.50 Å². The van der Waals surface area contributed by atoms with Gasteiger partial charge in [0.2, 0.25) is 0 Å². The number of halogens is 1. The van der Waals surface area contributed by atoms with Gasteiger partial charge >= 0.3 is 0 Å². The van der Waals surface area contributed by atoms with E-state index >= 15 is 0 Å². The highest BCUT2D eigenvalue weighted by Crippen LogP contribution is 2.23. The van der Waals surface area contributed by atoms with Crippen molar-refractivity contribution in [1.29, 1.82) is 0 Å². The first-order valence-corrected chi connectivity index (χ1v) is 9.08. The van der Waals surface area contributed by atoms with Gasteiger partial charge in [0.15, 0.2) is 5.82 Å². The van der Waals surface area contributed by atoms with Gasteiger partial charge in [-0.05, 0) is 61.2 Å². The number of nitrogens with zero attached hydrogens (tertiary/aromatic N) is 4. The lowest BCUT2D eigenvalue weighted by Crippen LogP contribution is -2.30. The molecule has 0 spiro atoms. The number of aromatic nitrogens is 3. The third-order valence-electron chi connectivity index (χ3n) is 4.28. The van der Waals surface area contributed by atoms with Crippen molar-refractivity contribution in [3.63, 3.8) is 0 Å². The smallest absolute Gasteiger partial charge is 0.153 e. The van der Waals surface area contributed by atoms with Crippen molar-refractivity contribution in [1.82, 2.24) is 19.5 Å². The normalized spacial score (nSPS) is 16.2. The van der Waals surface area contributed by atoms with Crippen LogP contribution in [0, 0.1) is 0 Å². The molecule has 1 aliphatic heterocycles. The Balaban J connectivity index is 1.38. The quantitative estimate of drug-likeness (QED) is 0.761. The van der Waals surface area contributed by atoms with Crippen LogP contribution < -0.4 is 5.32 Å². The minimum atomic E-state index is 0.905. The van der Waals surface area contributed by atoms with Gasteiger partial charge in [0.05, 0.1) is 10.7 Å². The number of likely N-dealkylation sites (tertiary alicyclic amines) is 1. The summed E-state index contributed by atoms with van der Waals surface area (Å²) in [6.07, 6.45) is 13.4. The van der Waals surface area contributed by atoms with E-state index in [4.69, 9.17) is 0 Å². The lowest BCUT2D eigenvalue weighted by Gasteiger charge is -2.26. The lowest BCUT2D eigenvalue weighted by atomic mass is 10.1. The second-order valence-electron chi connectivity index (χ2n) is 5.95. The summed E-state index contributed by atoms with van der Waals surface area (Å²) in [6, 6.07) is 0. The molecule has 2 aromatic rings. The zero-order valence-corrected chi connectivity index (χ0v) is 14.6. The number of nitrogens with one attached hydrogen (secondary N) is 1. The van der Waals surface area contributed by atoms with Gasteiger partial charge in [-0.1, -0.05) is 12.8 Å². The van der Waals surface area contributed by atoms with E-state index in [9.17, 15) is 0 Å². The summed E-state index contributed by atoms with van der Waals surface area (Å²) < 4.78 is 2.82. The Morgan fingerprint density at radius 1 is 1.14 bits per heavy atom. The topological polar surface area (TPSA) is 45.5 Å². The number of hydrogen-bond donors (Lipinski definition) is 1. The van der Waals surface area contributed by atoms with E-state index in [0.29, 0.717) is 0 Å². The van der Waals surface area contributed by atoms with Gasteiger partial charge in [0, 0.05) is 18.9 Å². The second-order valence-corrected chi connectivity index (χ2v) is 6.81. The molecule has 2 aromatic heterocycles. The highest BCUT2D eigenvalue weighted by Gasteiger charge is 2.09. The van der Waals surface area contributed by atoms with Crippen LogP contribution in [-0.4, -0.2) is 45.7 Å². The molecule has 0 atom stereocenters. The SMILES string of the molecule is Brc1cnn2ccnc(NCCCCCN3CCCCC3)c12. The molecule has 0 unspecified atom stereocenters. The Kier molecular flexibility index (Phi) is 5.67. The summed E-state index contributed by atoms with van der Waals surface area (Å²) in [5.41, 5.74) is 1.01. The van der Waals surface area contributed by atoms with Crippen molar-refractivity contribution in [3.8, 4) is 0 Å². The van der Waals surface area contributed by atoms with Crippen LogP contribution in [0.25, 0.3) is 5.52 Å². The Hall–Kier alpha value is -1.14. The first kappa shape index (κ1) is 15.7. The van der Waals surface area contributed by atoms with Gasteiger partial charge < -0.3 is 10.2 Å². The van der Waals surface area contributed by atoms with Crippen LogP contribution >= 0.6 is 15.9 Å². The van der Waals surface area contributed by atoms with E-state index < -0.39 is 0 Å². The molecule has 0 aliphatic carbocycles. The predicted octanol–water partition coefficient (Wildman–Crippen LogP) is 3.56. The van der Waals surface area contributed by atoms with Gasteiger partial charge in [-0.2, -0.15) is 5.10 Å². The molecule has 120 valence electrons. The molecule has 0 amide bonds. The largest absolute Gasteiger partial charge is 0.368 e. The molecule has 1 N–H and O–H groups in total. The minimum absolute atomic E-state index is 0.905. The molecular formula is C16H24BrN5. The number of piperidine rings is 1. The summed E-state index contributed by atoms with van der Waals surface area (Å²) in [7, 11) is 0. The van der Waals surface area contributed by atoms with Crippen LogP contribution in [0.1, 0.15) is 38.5 Å². The van der Waals surface area contributed by atoms with Gasteiger partial charge in [-0.3, -0.25) is 0 Å². The molecule has 3 heterocycles. The summed E-state index contributed by atoms with van der Waals surface area (Å²) in [6.45, 7) is 4.84. The van der Waals surface area contributed by atoms with E-state index in [-0.39, 0.29) is 0 Å².